The molecule has 0 saturated heterocycles. The fourth-order valence-corrected chi connectivity index (χ4v) is 2.37. The van der Waals surface area contributed by atoms with Gasteiger partial charge in [0.2, 0.25) is 5.89 Å². The van der Waals surface area contributed by atoms with E-state index < -0.39 is 0 Å². The Morgan fingerprint density at radius 1 is 1.15 bits per heavy atom. The lowest BCUT2D eigenvalue weighted by molar-refractivity contribution is 0.463. The van der Waals surface area contributed by atoms with Crippen molar-refractivity contribution in [3.8, 4) is 5.69 Å². The molecule has 0 amide bonds. The lowest BCUT2D eigenvalue weighted by Crippen LogP contribution is -2.36. The monoisotopic (exact) mass is 466 g/mol. The fourth-order valence-electron chi connectivity index (χ4n) is 2.37. The predicted octanol–water partition coefficient (Wildman–Crippen LogP) is 2.96. The summed E-state index contributed by atoms with van der Waals surface area (Å²) in [5.74, 6) is 2.20. The molecule has 26 heavy (non-hydrogen) atoms. The van der Waals surface area contributed by atoms with Crippen molar-refractivity contribution in [1.82, 2.24) is 25.4 Å². The second kappa shape index (κ2) is 9.37. The van der Waals surface area contributed by atoms with E-state index in [1.165, 1.54) is 0 Å². The predicted molar refractivity (Wildman–Crippen MR) is 112 cm³/mol. The normalized spacial score (nSPS) is 11.1. The molecule has 0 aliphatic heterocycles. The molecule has 2 N–H and O–H groups in total. The number of rotatable bonds is 5. The molecular formula is C18H23IN6O. The Kier molecular flexibility index (Phi) is 7.19. The Bertz CT molecular complexity index is 820. The van der Waals surface area contributed by atoms with Crippen molar-refractivity contribution in [2.75, 3.05) is 7.05 Å². The second-order valence-corrected chi connectivity index (χ2v) is 5.65. The first kappa shape index (κ1) is 20.0. The van der Waals surface area contributed by atoms with Crippen molar-refractivity contribution < 1.29 is 4.42 Å². The number of hydrogen-bond donors (Lipinski definition) is 2. The molecule has 7 nitrogen and oxygen atoms in total. The minimum Gasteiger partial charge on any atom is -0.444 e. The molecule has 138 valence electrons. The van der Waals surface area contributed by atoms with Crippen LogP contribution in [0.3, 0.4) is 0 Å². The minimum atomic E-state index is 0. The van der Waals surface area contributed by atoms with Gasteiger partial charge in [0.05, 0.1) is 17.9 Å². The molecule has 0 radical (unpaired) electrons. The third-order valence-corrected chi connectivity index (χ3v) is 3.87. The highest BCUT2D eigenvalue weighted by Crippen LogP contribution is 2.09. The van der Waals surface area contributed by atoms with Crippen LogP contribution in [0.1, 0.15) is 22.9 Å². The number of halogens is 1. The third-order valence-electron chi connectivity index (χ3n) is 3.87. The van der Waals surface area contributed by atoms with Crippen LogP contribution in [0.15, 0.2) is 52.1 Å². The SMILES string of the molecule is CN=C(NCc1ccc(-n2cccn2)cc1)NCc1nc(C)c(C)o1.I. The maximum atomic E-state index is 5.56. The first-order valence-electron chi connectivity index (χ1n) is 8.12. The largest absolute Gasteiger partial charge is 0.444 e. The van der Waals surface area contributed by atoms with Gasteiger partial charge in [-0.2, -0.15) is 5.10 Å². The molecule has 0 bridgehead atoms. The van der Waals surface area contributed by atoms with E-state index in [-0.39, 0.29) is 24.0 Å². The molecule has 0 aliphatic rings. The second-order valence-electron chi connectivity index (χ2n) is 5.65. The van der Waals surface area contributed by atoms with E-state index >= 15 is 0 Å². The molecule has 8 heteroatoms. The van der Waals surface area contributed by atoms with Crippen molar-refractivity contribution in [2.24, 2.45) is 4.99 Å². The number of benzene rings is 1. The Hall–Kier alpha value is -2.36. The lowest BCUT2D eigenvalue weighted by Gasteiger charge is -2.11. The van der Waals surface area contributed by atoms with Crippen LogP contribution < -0.4 is 10.6 Å². The van der Waals surface area contributed by atoms with Gasteiger partial charge in [-0.3, -0.25) is 4.99 Å². The van der Waals surface area contributed by atoms with Gasteiger partial charge in [0.1, 0.15) is 5.76 Å². The number of nitrogens with one attached hydrogen (secondary N) is 2. The van der Waals surface area contributed by atoms with E-state index in [9.17, 15) is 0 Å². The maximum absolute atomic E-state index is 5.56. The van der Waals surface area contributed by atoms with E-state index in [0.717, 1.165) is 22.7 Å². The quantitative estimate of drug-likeness (QED) is 0.344. The molecule has 3 rings (SSSR count). The number of aryl methyl sites for hydroxylation is 2. The summed E-state index contributed by atoms with van der Waals surface area (Å²) in [6.07, 6.45) is 3.69. The van der Waals surface area contributed by atoms with Gasteiger partial charge in [-0.05, 0) is 37.6 Å². The van der Waals surface area contributed by atoms with Crippen molar-refractivity contribution in [3.63, 3.8) is 0 Å². The van der Waals surface area contributed by atoms with E-state index in [4.69, 9.17) is 4.42 Å². The van der Waals surface area contributed by atoms with Gasteiger partial charge in [0.15, 0.2) is 5.96 Å². The van der Waals surface area contributed by atoms with Crippen LogP contribution in [0.25, 0.3) is 5.69 Å². The van der Waals surface area contributed by atoms with Crippen LogP contribution >= 0.6 is 24.0 Å². The first-order valence-corrected chi connectivity index (χ1v) is 8.12. The molecule has 0 fully saturated rings. The highest BCUT2D eigenvalue weighted by atomic mass is 127. The van der Waals surface area contributed by atoms with Crippen LogP contribution in [0.5, 0.6) is 0 Å². The summed E-state index contributed by atoms with van der Waals surface area (Å²) in [5, 5.41) is 10.7. The summed E-state index contributed by atoms with van der Waals surface area (Å²) in [6.45, 7) is 5.00. The van der Waals surface area contributed by atoms with Gasteiger partial charge >= 0.3 is 0 Å². The number of aliphatic imine (C=N–C) groups is 1. The maximum Gasteiger partial charge on any atom is 0.214 e. The van der Waals surface area contributed by atoms with Gasteiger partial charge in [0.25, 0.3) is 0 Å². The van der Waals surface area contributed by atoms with Crippen LogP contribution in [-0.4, -0.2) is 27.8 Å². The zero-order chi connectivity index (χ0) is 17.6. The standard InChI is InChI=1S/C18H22N6O.HI/c1-13-14(2)25-17(23-13)12-21-18(19-3)20-11-15-5-7-16(8-6-15)24-10-4-9-22-24;/h4-10H,11-12H2,1-3H3,(H2,19,20,21);1H. The summed E-state index contributed by atoms with van der Waals surface area (Å²) in [7, 11) is 1.74. The highest BCUT2D eigenvalue weighted by molar-refractivity contribution is 14.0. The zero-order valence-electron chi connectivity index (χ0n) is 15.1. The Morgan fingerprint density at radius 3 is 2.46 bits per heavy atom. The number of guanidine groups is 1. The van der Waals surface area contributed by atoms with Crippen LogP contribution in [0, 0.1) is 13.8 Å². The van der Waals surface area contributed by atoms with E-state index in [2.05, 4.69) is 37.8 Å². The molecule has 3 aromatic rings. The van der Waals surface area contributed by atoms with Gasteiger partial charge in [0, 0.05) is 26.0 Å². The molecule has 2 heterocycles. The van der Waals surface area contributed by atoms with Crippen LogP contribution in [0.4, 0.5) is 0 Å². The summed E-state index contributed by atoms with van der Waals surface area (Å²) < 4.78 is 7.39. The molecule has 0 unspecified atom stereocenters. The van der Waals surface area contributed by atoms with Gasteiger partial charge in [-0.15, -0.1) is 24.0 Å². The number of nitrogens with zero attached hydrogens (tertiary/aromatic N) is 4. The Morgan fingerprint density at radius 2 is 1.88 bits per heavy atom. The Labute approximate surface area is 169 Å². The van der Waals surface area contributed by atoms with Crippen LogP contribution in [0.2, 0.25) is 0 Å². The van der Waals surface area contributed by atoms with Gasteiger partial charge in [-0.25, -0.2) is 9.67 Å². The van der Waals surface area contributed by atoms with Crippen LogP contribution in [-0.2, 0) is 13.1 Å². The van der Waals surface area contributed by atoms with Gasteiger partial charge in [-0.1, -0.05) is 12.1 Å². The molecule has 0 saturated carbocycles. The topological polar surface area (TPSA) is 80.3 Å². The smallest absolute Gasteiger partial charge is 0.214 e. The fraction of sp³-hybridized carbons (Fsp3) is 0.278. The number of oxazole rings is 1. The summed E-state index contributed by atoms with van der Waals surface area (Å²) >= 11 is 0. The minimum absolute atomic E-state index is 0. The number of hydrogen-bond acceptors (Lipinski definition) is 4. The average molecular weight is 466 g/mol. The Balaban J connectivity index is 0.00000243. The zero-order valence-corrected chi connectivity index (χ0v) is 17.4. The van der Waals surface area contributed by atoms with Gasteiger partial charge < -0.3 is 15.1 Å². The van der Waals surface area contributed by atoms with E-state index in [1.54, 1.807) is 13.2 Å². The van der Waals surface area contributed by atoms with Crippen molar-refractivity contribution in [3.05, 3.63) is 65.6 Å². The first-order chi connectivity index (χ1) is 12.2. The summed E-state index contributed by atoms with van der Waals surface area (Å²) in [5.41, 5.74) is 3.10. The highest BCUT2D eigenvalue weighted by Gasteiger charge is 2.06. The summed E-state index contributed by atoms with van der Waals surface area (Å²) in [4.78, 5) is 8.57. The molecule has 1 aromatic carbocycles. The van der Waals surface area contributed by atoms with Crippen molar-refractivity contribution in [1.29, 1.82) is 0 Å². The lowest BCUT2D eigenvalue weighted by atomic mass is 10.2. The number of aromatic nitrogens is 3. The summed E-state index contributed by atoms with van der Waals surface area (Å²) in [6, 6.07) is 10.1. The molecule has 0 aliphatic carbocycles. The molecule has 2 aromatic heterocycles. The van der Waals surface area contributed by atoms with Crippen molar-refractivity contribution in [2.45, 2.75) is 26.9 Å². The third kappa shape index (κ3) is 5.07. The van der Waals surface area contributed by atoms with Crippen molar-refractivity contribution >= 4 is 29.9 Å². The van der Waals surface area contributed by atoms with E-state index in [0.29, 0.717) is 24.9 Å². The van der Waals surface area contributed by atoms with E-state index in [1.807, 2.05) is 42.9 Å². The molecule has 0 atom stereocenters. The molecular weight excluding hydrogens is 443 g/mol. The average Bonchev–Trinajstić information content (AvgIpc) is 3.26. The molecule has 0 spiro atoms.